The minimum absolute atomic E-state index is 0.156. The third-order valence-corrected chi connectivity index (χ3v) is 5.70. The maximum atomic E-state index is 12.5. The van der Waals surface area contributed by atoms with Crippen molar-refractivity contribution in [2.75, 3.05) is 13.1 Å². The van der Waals surface area contributed by atoms with Crippen LogP contribution in [0, 0.1) is 11.8 Å². The SMILES string of the molecule is CCC[C@H](NC(=O)O)C(=O)N[C@H]1CC[C@@H]2CN(Cc3ccccc3)C[C@@H]21. The number of carbonyl (C=O) groups is 2. The first-order valence-electron chi connectivity index (χ1n) is 9.63. The number of amides is 2. The number of rotatable bonds is 7. The zero-order valence-corrected chi connectivity index (χ0v) is 15.4. The van der Waals surface area contributed by atoms with Crippen LogP contribution < -0.4 is 10.6 Å². The summed E-state index contributed by atoms with van der Waals surface area (Å²) in [6.45, 7) is 4.98. The van der Waals surface area contributed by atoms with E-state index in [1.807, 2.05) is 13.0 Å². The average molecular weight is 359 g/mol. The van der Waals surface area contributed by atoms with Crippen molar-refractivity contribution in [1.29, 1.82) is 0 Å². The first kappa shape index (κ1) is 18.7. The largest absolute Gasteiger partial charge is 0.465 e. The summed E-state index contributed by atoms with van der Waals surface area (Å²) in [5, 5.41) is 14.4. The van der Waals surface area contributed by atoms with Gasteiger partial charge in [-0.15, -0.1) is 0 Å². The molecule has 2 aliphatic rings. The van der Waals surface area contributed by atoms with Crippen molar-refractivity contribution in [2.24, 2.45) is 11.8 Å². The number of nitrogens with zero attached hydrogens (tertiary/aromatic N) is 1. The number of hydrogen-bond acceptors (Lipinski definition) is 3. The number of nitrogens with one attached hydrogen (secondary N) is 2. The number of benzene rings is 1. The molecule has 0 bridgehead atoms. The molecule has 0 aromatic heterocycles. The van der Waals surface area contributed by atoms with Gasteiger partial charge < -0.3 is 15.7 Å². The van der Waals surface area contributed by atoms with Gasteiger partial charge in [0, 0.05) is 25.7 Å². The predicted octanol–water partition coefficient (Wildman–Crippen LogP) is 2.45. The Kier molecular flexibility index (Phi) is 6.14. The van der Waals surface area contributed by atoms with Gasteiger partial charge in [0.15, 0.2) is 0 Å². The number of carboxylic acid groups (broad SMARTS) is 1. The van der Waals surface area contributed by atoms with Crippen LogP contribution in [0.15, 0.2) is 30.3 Å². The van der Waals surface area contributed by atoms with Crippen LogP contribution in [0.2, 0.25) is 0 Å². The summed E-state index contributed by atoms with van der Waals surface area (Å²) in [5.74, 6) is 0.914. The van der Waals surface area contributed by atoms with Crippen LogP contribution in [0.5, 0.6) is 0 Å². The monoisotopic (exact) mass is 359 g/mol. The molecule has 3 N–H and O–H groups in total. The van der Waals surface area contributed by atoms with Gasteiger partial charge in [0.25, 0.3) is 0 Å². The summed E-state index contributed by atoms with van der Waals surface area (Å²) in [5.41, 5.74) is 1.32. The normalized spacial score (nSPS) is 26.3. The second kappa shape index (κ2) is 8.54. The highest BCUT2D eigenvalue weighted by Gasteiger charge is 2.43. The van der Waals surface area contributed by atoms with Crippen LogP contribution in [0.25, 0.3) is 0 Å². The minimum Gasteiger partial charge on any atom is -0.465 e. The van der Waals surface area contributed by atoms with Gasteiger partial charge in [0.05, 0.1) is 0 Å². The fourth-order valence-electron chi connectivity index (χ4n) is 4.50. The minimum atomic E-state index is -1.14. The maximum absolute atomic E-state index is 12.5. The lowest BCUT2D eigenvalue weighted by Gasteiger charge is -2.24. The van der Waals surface area contributed by atoms with E-state index in [-0.39, 0.29) is 11.9 Å². The van der Waals surface area contributed by atoms with E-state index in [0.29, 0.717) is 18.3 Å². The molecule has 1 heterocycles. The molecule has 142 valence electrons. The Morgan fingerprint density at radius 2 is 2.00 bits per heavy atom. The van der Waals surface area contributed by atoms with Gasteiger partial charge in [-0.05, 0) is 36.7 Å². The molecule has 0 unspecified atom stereocenters. The Labute approximate surface area is 155 Å². The van der Waals surface area contributed by atoms with E-state index in [2.05, 4.69) is 39.8 Å². The zero-order valence-electron chi connectivity index (χ0n) is 15.4. The molecule has 1 aliphatic heterocycles. The van der Waals surface area contributed by atoms with E-state index < -0.39 is 12.1 Å². The average Bonchev–Trinajstić information content (AvgIpc) is 3.16. The fourth-order valence-corrected chi connectivity index (χ4v) is 4.50. The van der Waals surface area contributed by atoms with Gasteiger partial charge in [-0.1, -0.05) is 43.7 Å². The number of fused-ring (bicyclic) bond motifs is 1. The molecular formula is C20H29N3O3. The quantitative estimate of drug-likeness (QED) is 0.698. The second-order valence-corrected chi connectivity index (χ2v) is 7.59. The van der Waals surface area contributed by atoms with Crippen LogP contribution in [0.1, 0.15) is 38.2 Å². The summed E-state index contributed by atoms with van der Waals surface area (Å²) in [6.07, 6.45) is 2.27. The van der Waals surface area contributed by atoms with Gasteiger partial charge in [-0.3, -0.25) is 9.69 Å². The summed E-state index contributed by atoms with van der Waals surface area (Å²) in [7, 11) is 0. The Bertz CT molecular complexity index is 622. The van der Waals surface area contributed by atoms with E-state index >= 15 is 0 Å². The molecule has 6 nitrogen and oxygen atoms in total. The van der Waals surface area contributed by atoms with Crippen molar-refractivity contribution in [2.45, 2.75) is 51.2 Å². The number of likely N-dealkylation sites (tertiary alicyclic amines) is 1. The van der Waals surface area contributed by atoms with Crippen LogP contribution in [-0.4, -0.2) is 47.2 Å². The summed E-state index contributed by atoms with van der Waals surface area (Å²) in [4.78, 5) is 25.9. The highest BCUT2D eigenvalue weighted by Crippen LogP contribution is 2.38. The molecule has 0 spiro atoms. The van der Waals surface area contributed by atoms with Crippen molar-refractivity contribution in [3.63, 3.8) is 0 Å². The fraction of sp³-hybridized carbons (Fsp3) is 0.600. The predicted molar refractivity (Wildman–Crippen MR) is 99.7 cm³/mol. The van der Waals surface area contributed by atoms with Gasteiger partial charge in [-0.2, -0.15) is 0 Å². The molecule has 1 aliphatic carbocycles. The standard InChI is InChI=1S/C20H29N3O3/c1-2-6-18(22-20(25)26)19(24)21-17-10-9-15-12-23(13-16(15)17)11-14-7-4-3-5-8-14/h3-5,7-8,15-18,22H,2,6,9-13H2,1H3,(H,21,24)(H,25,26)/t15-,16+,17+,18+/m1/s1. The number of hydrogen-bond donors (Lipinski definition) is 3. The van der Waals surface area contributed by atoms with Crippen molar-refractivity contribution < 1.29 is 14.7 Å². The number of carbonyl (C=O) groups excluding carboxylic acids is 1. The lowest BCUT2D eigenvalue weighted by atomic mass is 9.97. The van der Waals surface area contributed by atoms with Crippen LogP contribution in [-0.2, 0) is 11.3 Å². The smallest absolute Gasteiger partial charge is 0.405 e. The summed E-state index contributed by atoms with van der Waals surface area (Å²) < 4.78 is 0. The molecule has 0 radical (unpaired) electrons. The van der Waals surface area contributed by atoms with Crippen LogP contribution in [0.3, 0.4) is 0 Å². The van der Waals surface area contributed by atoms with E-state index in [4.69, 9.17) is 5.11 Å². The van der Waals surface area contributed by atoms with Crippen molar-refractivity contribution >= 4 is 12.0 Å². The van der Waals surface area contributed by atoms with Crippen LogP contribution >= 0.6 is 0 Å². The lowest BCUT2D eigenvalue weighted by Crippen LogP contribution is -2.50. The third kappa shape index (κ3) is 4.55. The molecule has 2 amide bonds. The van der Waals surface area contributed by atoms with Crippen LogP contribution in [0.4, 0.5) is 4.79 Å². The highest BCUT2D eigenvalue weighted by atomic mass is 16.4. The summed E-state index contributed by atoms with van der Waals surface area (Å²) >= 11 is 0. The van der Waals surface area contributed by atoms with E-state index in [9.17, 15) is 9.59 Å². The molecule has 3 rings (SSSR count). The Hall–Kier alpha value is -2.08. The molecule has 26 heavy (non-hydrogen) atoms. The maximum Gasteiger partial charge on any atom is 0.405 e. The molecule has 1 aromatic rings. The third-order valence-electron chi connectivity index (χ3n) is 5.70. The van der Waals surface area contributed by atoms with E-state index in [0.717, 1.165) is 38.9 Å². The first-order chi connectivity index (χ1) is 12.6. The molecule has 1 saturated carbocycles. The Morgan fingerprint density at radius 3 is 2.69 bits per heavy atom. The van der Waals surface area contributed by atoms with Gasteiger partial charge in [0.1, 0.15) is 6.04 Å². The van der Waals surface area contributed by atoms with E-state index in [1.165, 1.54) is 5.56 Å². The van der Waals surface area contributed by atoms with Crippen molar-refractivity contribution in [3.8, 4) is 0 Å². The van der Waals surface area contributed by atoms with Gasteiger partial charge in [0.2, 0.25) is 5.91 Å². The van der Waals surface area contributed by atoms with Crippen molar-refractivity contribution in [3.05, 3.63) is 35.9 Å². The van der Waals surface area contributed by atoms with Crippen molar-refractivity contribution in [1.82, 2.24) is 15.5 Å². The topological polar surface area (TPSA) is 81.7 Å². The summed E-state index contributed by atoms with van der Waals surface area (Å²) in [6, 6.07) is 9.98. The first-order valence-corrected chi connectivity index (χ1v) is 9.63. The lowest BCUT2D eigenvalue weighted by molar-refractivity contribution is -0.124. The Balaban J connectivity index is 1.55. The zero-order chi connectivity index (χ0) is 18.5. The molecule has 2 fully saturated rings. The molecular weight excluding hydrogens is 330 g/mol. The molecule has 6 heteroatoms. The Morgan fingerprint density at radius 1 is 1.23 bits per heavy atom. The van der Waals surface area contributed by atoms with Gasteiger partial charge >= 0.3 is 6.09 Å². The van der Waals surface area contributed by atoms with Gasteiger partial charge in [-0.25, -0.2) is 4.79 Å². The van der Waals surface area contributed by atoms with E-state index in [1.54, 1.807) is 0 Å². The highest BCUT2D eigenvalue weighted by molar-refractivity contribution is 5.85. The second-order valence-electron chi connectivity index (χ2n) is 7.59. The molecule has 1 saturated heterocycles. The molecule has 4 atom stereocenters. The molecule has 1 aromatic carbocycles.